The number of phenolic OH excluding ortho intramolecular Hbond substituents is 1. The van der Waals surface area contributed by atoms with Crippen LogP contribution in [0, 0.1) is 5.82 Å². The van der Waals surface area contributed by atoms with E-state index >= 15 is 0 Å². The lowest BCUT2D eigenvalue weighted by Crippen LogP contribution is -2.44. The molecule has 0 bridgehead atoms. The number of halogens is 1. The van der Waals surface area contributed by atoms with Crippen molar-refractivity contribution in [3.8, 4) is 5.75 Å². The molecular formula is C13H15FN2O3. The molecule has 102 valence electrons. The second kappa shape index (κ2) is 5.26. The second-order valence-corrected chi connectivity index (χ2v) is 4.43. The number of likely N-dealkylation sites (tertiary alicyclic amines) is 1. The summed E-state index contributed by atoms with van der Waals surface area (Å²) in [6.45, 7) is 0.452. The van der Waals surface area contributed by atoms with E-state index in [1.165, 1.54) is 18.0 Å². The van der Waals surface area contributed by atoms with Crippen LogP contribution in [0.15, 0.2) is 18.2 Å². The van der Waals surface area contributed by atoms with Crippen molar-refractivity contribution in [1.82, 2.24) is 10.2 Å². The Hall–Kier alpha value is -2.11. The molecule has 1 fully saturated rings. The van der Waals surface area contributed by atoms with E-state index in [1.54, 1.807) is 0 Å². The quantitative estimate of drug-likeness (QED) is 0.835. The molecule has 6 heteroatoms. The standard InChI is InChI=1S/C13H15FN2O3/c1-15-12(18)10-3-2-6-16(10)13(19)9-5-4-8(14)7-11(9)17/h4-5,7,10,17H,2-3,6H2,1H3,(H,15,18). The number of carbonyl (C=O) groups excluding carboxylic acids is 2. The van der Waals surface area contributed by atoms with E-state index in [0.717, 1.165) is 18.6 Å². The van der Waals surface area contributed by atoms with Gasteiger partial charge in [-0.25, -0.2) is 4.39 Å². The first kappa shape index (κ1) is 13.3. The zero-order valence-corrected chi connectivity index (χ0v) is 10.5. The number of benzene rings is 1. The maximum Gasteiger partial charge on any atom is 0.258 e. The van der Waals surface area contributed by atoms with Crippen molar-refractivity contribution in [3.05, 3.63) is 29.6 Å². The maximum atomic E-state index is 12.9. The van der Waals surface area contributed by atoms with E-state index in [-0.39, 0.29) is 11.5 Å². The van der Waals surface area contributed by atoms with Gasteiger partial charge in [0.25, 0.3) is 5.91 Å². The molecule has 1 aromatic carbocycles. The summed E-state index contributed by atoms with van der Waals surface area (Å²) in [7, 11) is 1.51. The fourth-order valence-electron chi connectivity index (χ4n) is 2.29. The summed E-state index contributed by atoms with van der Waals surface area (Å²) in [6.07, 6.45) is 1.32. The predicted octanol–water partition coefficient (Wildman–Crippen LogP) is 0.882. The van der Waals surface area contributed by atoms with Crippen molar-refractivity contribution in [2.24, 2.45) is 0 Å². The highest BCUT2D eigenvalue weighted by atomic mass is 19.1. The minimum atomic E-state index is -0.613. The molecule has 1 aliphatic rings. The molecule has 2 amide bonds. The highest BCUT2D eigenvalue weighted by Gasteiger charge is 2.34. The van der Waals surface area contributed by atoms with Gasteiger partial charge in [-0.15, -0.1) is 0 Å². The fourth-order valence-corrected chi connectivity index (χ4v) is 2.29. The normalized spacial score (nSPS) is 18.4. The van der Waals surface area contributed by atoms with Crippen LogP contribution in [0.1, 0.15) is 23.2 Å². The number of amides is 2. The summed E-state index contributed by atoms with van der Waals surface area (Å²) in [6, 6.07) is 2.70. The highest BCUT2D eigenvalue weighted by molar-refractivity contribution is 5.99. The number of carbonyl (C=O) groups is 2. The van der Waals surface area contributed by atoms with Crippen LogP contribution in [0.4, 0.5) is 4.39 Å². The lowest BCUT2D eigenvalue weighted by atomic mass is 10.1. The number of aromatic hydroxyl groups is 1. The number of nitrogens with one attached hydrogen (secondary N) is 1. The molecule has 0 radical (unpaired) electrons. The van der Waals surface area contributed by atoms with Gasteiger partial charge >= 0.3 is 0 Å². The topological polar surface area (TPSA) is 69.6 Å². The second-order valence-electron chi connectivity index (χ2n) is 4.43. The third-order valence-corrected chi connectivity index (χ3v) is 3.25. The van der Waals surface area contributed by atoms with Crippen LogP contribution in [0.3, 0.4) is 0 Å². The van der Waals surface area contributed by atoms with Crippen molar-refractivity contribution >= 4 is 11.8 Å². The van der Waals surface area contributed by atoms with Crippen molar-refractivity contribution in [2.75, 3.05) is 13.6 Å². The van der Waals surface area contributed by atoms with Crippen LogP contribution in [-0.2, 0) is 4.79 Å². The fraction of sp³-hybridized carbons (Fsp3) is 0.385. The molecular weight excluding hydrogens is 251 g/mol. The zero-order chi connectivity index (χ0) is 14.0. The lowest BCUT2D eigenvalue weighted by molar-refractivity contribution is -0.124. The Bertz CT molecular complexity index is 519. The van der Waals surface area contributed by atoms with Gasteiger partial charge < -0.3 is 15.3 Å². The van der Waals surface area contributed by atoms with Gasteiger partial charge in [0.1, 0.15) is 17.6 Å². The minimum absolute atomic E-state index is 0.0113. The summed E-state index contributed by atoms with van der Waals surface area (Å²) >= 11 is 0. The van der Waals surface area contributed by atoms with Gasteiger partial charge in [-0.2, -0.15) is 0 Å². The molecule has 19 heavy (non-hydrogen) atoms. The summed E-state index contributed by atoms with van der Waals surface area (Å²) in [5.74, 6) is -1.71. The lowest BCUT2D eigenvalue weighted by Gasteiger charge is -2.23. The van der Waals surface area contributed by atoms with Gasteiger partial charge in [0.15, 0.2) is 0 Å². The third-order valence-electron chi connectivity index (χ3n) is 3.25. The highest BCUT2D eigenvalue weighted by Crippen LogP contribution is 2.25. The molecule has 0 saturated carbocycles. The maximum absolute atomic E-state index is 12.9. The molecule has 0 spiro atoms. The number of hydrogen-bond acceptors (Lipinski definition) is 3. The largest absolute Gasteiger partial charge is 0.507 e. The molecule has 1 unspecified atom stereocenters. The van der Waals surface area contributed by atoms with Crippen LogP contribution in [-0.4, -0.2) is 41.5 Å². The van der Waals surface area contributed by atoms with Crippen LogP contribution >= 0.6 is 0 Å². The predicted molar refractivity (Wildman–Crippen MR) is 66.2 cm³/mol. The first-order valence-corrected chi connectivity index (χ1v) is 6.05. The van der Waals surface area contributed by atoms with Gasteiger partial charge in [-0.05, 0) is 25.0 Å². The van der Waals surface area contributed by atoms with Gasteiger partial charge in [0, 0.05) is 19.7 Å². The zero-order valence-electron chi connectivity index (χ0n) is 10.5. The van der Waals surface area contributed by atoms with Crippen LogP contribution in [0.25, 0.3) is 0 Å². The molecule has 0 aliphatic carbocycles. The van der Waals surface area contributed by atoms with E-state index in [0.29, 0.717) is 13.0 Å². The van der Waals surface area contributed by atoms with Gasteiger partial charge in [0.2, 0.25) is 5.91 Å². The van der Waals surface area contributed by atoms with Crippen molar-refractivity contribution in [1.29, 1.82) is 0 Å². The molecule has 1 heterocycles. The average Bonchev–Trinajstić information content (AvgIpc) is 2.86. The third kappa shape index (κ3) is 2.52. The van der Waals surface area contributed by atoms with Gasteiger partial charge in [0.05, 0.1) is 5.56 Å². The molecule has 5 nitrogen and oxygen atoms in total. The number of likely N-dealkylation sites (N-methyl/N-ethyl adjacent to an activating group) is 1. The van der Waals surface area contributed by atoms with E-state index in [2.05, 4.69) is 5.32 Å². The first-order chi connectivity index (χ1) is 9.04. The smallest absolute Gasteiger partial charge is 0.258 e. The van der Waals surface area contributed by atoms with Crippen LogP contribution < -0.4 is 5.32 Å². The molecule has 1 saturated heterocycles. The number of phenols is 1. The summed E-state index contributed by atoms with van der Waals surface area (Å²) in [5, 5.41) is 12.1. The Kier molecular flexibility index (Phi) is 3.69. The molecule has 1 aliphatic heterocycles. The van der Waals surface area contributed by atoms with E-state index in [9.17, 15) is 19.1 Å². The Morgan fingerprint density at radius 2 is 2.21 bits per heavy atom. The summed E-state index contributed by atoms with van der Waals surface area (Å²) in [5.41, 5.74) is 0.0113. The Balaban J connectivity index is 2.25. The molecule has 0 aromatic heterocycles. The van der Waals surface area contributed by atoms with E-state index < -0.39 is 23.5 Å². The van der Waals surface area contributed by atoms with Gasteiger partial charge in [-0.1, -0.05) is 0 Å². The average molecular weight is 266 g/mol. The van der Waals surface area contributed by atoms with Gasteiger partial charge in [-0.3, -0.25) is 9.59 Å². The first-order valence-electron chi connectivity index (χ1n) is 6.05. The van der Waals surface area contributed by atoms with E-state index in [4.69, 9.17) is 0 Å². The summed E-state index contributed by atoms with van der Waals surface area (Å²) < 4.78 is 12.9. The minimum Gasteiger partial charge on any atom is -0.507 e. The van der Waals surface area contributed by atoms with Crippen LogP contribution in [0.5, 0.6) is 5.75 Å². The molecule has 2 rings (SSSR count). The van der Waals surface area contributed by atoms with E-state index in [1.807, 2.05) is 0 Å². The number of nitrogens with zero attached hydrogens (tertiary/aromatic N) is 1. The Morgan fingerprint density at radius 3 is 2.84 bits per heavy atom. The number of rotatable bonds is 2. The van der Waals surface area contributed by atoms with Crippen molar-refractivity contribution in [3.63, 3.8) is 0 Å². The Labute approximate surface area is 110 Å². The molecule has 1 aromatic rings. The van der Waals surface area contributed by atoms with Crippen molar-refractivity contribution in [2.45, 2.75) is 18.9 Å². The van der Waals surface area contributed by atoms with Crippen LogP contribution in [0.2, 0.25) is 0 Å². The monoisotopic (exact) mass is 266 g/mol. The molecule has 2 N–H and O–H groups in total. The summed E-state index contributed by atoms with van der Waals surface area (Å²) in [4.78, 5) is 25.4. The molecule has 1 atom stereocenters. The SMILES string of the molecule is CNC(=O)C1CCCN1C(=O)c1ccc(F)cc1O. The Morgan fingerprint density at radius 1 is 1.47 bits per heavy atom. The van der Waals surface area contributed by atoms with Crippen molar-refractivity contribution < 1.29 is 19.1 Å². The number of hydrogen-bond donors (Lipinski definition) is 2.